The minimum Gasteiger partial charge on any atom is -0.339 e. The predicted molar refractivity (Wildman–Crippen MR) is 92.5 cm³/mol. The van der Waals surface area contributed by atoms with Crippen molar-refractivity contribution in [3.8, 4) is 0 Å². The Morgan fingerprint density at radius 3 is 2.67 bits per heavy atom. The van der Waals surface area contributed by atoms with Crippen LogP contribution in [0.3, 0.4) is 0 Å². The summed E-state index contributed by atoms with van der Waals surface area (Å²) in [5.74, 6) is 1.36. The van der Waals surface area contributed by atoms with Crippen LogP contribution < -0.4 is 5.32 Å². The van der Waals surface area contributed by atoms with Gasteiger partial charge in [-0.3, -0.25) is 14.9 Å². The van der Waals surface area contributed by atoms with E-state index >= 15 is 0 Å². The van der Waals surface area contributed by atoms with Crippen LogP contribution in [0, 0.1) is 12.7 Å². The zero-order valence-electron chi connectivity index (χ0n) is 13.8. The van der Waals surface area contributed by atoms with Crippen LogP contribution in [0.1, 0.15) is 22.3 Å². The number of carbonyl (C=O) groups excluding carboxylic acids is 2. The largest absolute Gasteiger partial charge is 0.339 e. The molecule has 130 valence electrons. The van der Waals surface area contributed by atoms with E-state index in [1.807, 2.05) is 4.90 Å². The highest BCUT2D eigenvalue weighted by atomic mass is 32.2. The summed E-state index contributed by atoms with van der Waals surface area (Å²) in [5.41, 5.74) is 0.972. The van der Waals surface area contributed by atoms with E-state index in [0.29, 0.717) is 37.3 Å². The zero-order chi connectivity index (χ0) is 17.1. The van der Waals surface area contributed by atoms with Crippen molar-refractivity contribution in [1.82, 2.24) is 15.1 Å². The molecular formula is C17H22FN3O2S. The molecule has 0 radical (unpaired) electrons. The number of benzene rings is 1. The van der Waals surface area contributed by atoms with E-state index in [0.717, 1.165) is 18.1 Å². The monoisotopic (exact) mass is 351 g/mol. The number of nitrogens with one attached hydrogen (secondary N) is 1. The number of carbonyl (C=O) groups is 2. The third-order valence-corrected chi connectivity index (χ3v) is 5.45. The molecule has 2 heterocycles. The van der Waals surface area contributed by atoms with Gasteiger partial charge in [0.25, 0.3) is 5.91 Å². The second kappa shape index (κ2) is 7.53. The molecular weight excluding hydrogens is 329 g/mol. The van der Waals surface area contributed by atoms with Crippen LogP contribution in [0.15, 0.2) is 18.2 Å². The van der Waals surface area contributed by atoms with E-state index in [9.17, 15) is 14.0 Å². The minimum absolute atomic E-state index is 0.0954. The molecule has 0 aliphatic carbocycles. The number of nitrogens with zero attached hydrogens (tertiary/aromatic N) is 2. The number of thioether (sulfide) groups is 1. The number of rotatable bonds is 2. The lowest BCUT2D eigenvalue weighted by atomic mass is 10.1. The molecule has 0 saturated carbocycles. The van der Waals surface area contributed by atoms with Gasteiger partial charge in [-0.15, -0.1) is 11.8 Å². The Morgan fingerprint density at radius 1 is 1.21 bits per heavy atom. The maximum Gasteiger partial charge on any atom is 0.253 e. The van der Waals surface area contributed by atoms with Crippen molar-refractivity contribution in [2.75, 3.05) is 37.8 Å². The molecule has 1 unspecified atom stereocenters. The molecule has 7 heteroatoms. The van der Waals surface area contributed by atoms with E-state index < -0.39 is 0 Å². The Balaban J connectivity index is 1.63. The van der Waals surface area contributed by atoms with Gasteiger partial charge in [0.1, 0.15) is 5.82 Å². The van der Waals surface area contributed by atoms with Crippen molar-refractivity contribution in [2.45, 2.75) is 19.4 Å². The third kappa shape index (κ3) is 3.72. The minimum atomic E-state index is -0.305. The van der Waals surface area contributed by atoms with Crippen LogP contribution in [-0.2, 0) is 4.79 Å². The van der Waals surface area contributed by atoms with Gasteiger partial charge in [-0.2, -0.15) is 0 Å². The lowest BCUT2D eigenvalue weighted by Gasteiger charge is -2.24. The number of hydrogen-bond donors (Lipinski definition) is 1. The lowest BCUT2D eigenvalue weighted by molar-refractivity contribution is -0.132. The van der Waals surface area contributed by atoms with Gasteiger partial charge in [0.2, 0.25) is 5.91 Å². The van der Waals surface area contributed by atoms with Gasteiger partial charge in [-0.05, 0) is 37.1 Å². The van der Waals surface area contributed by atoms with Crippen LogP contribution in [0.2, 0.25) is 0 Å². The summed E-state index contributed by atoms with van der Waals surface area (Å²) in [6.07, 6.45) is 0.761. The van der Waals surface area contributed by atoms with Crippen LogP contribution in [0.4, 0.5) is 4.39 Å². The fourth-order valence-electron chi connectivity index (χ4n) is 3.08. The highest BCUT2D eigenvalue weighted by Gasteiger charge is 2.29. The van der Waals surface area contributed by atoms with E-state index in [1.54, 1.807) is 29.7 Å². The first kappa shape index (κ1) is 17.2. The van der Waals surface area contributed by atoms with Crippen molar-refractivity contribution in [3.63, 3.8) is 0 Å². The smallest absolute Gasteiger partial charge is 0.253 e. The molecule has 2 fully saturated rings. The number of hydrogen-bond acceptors (Lipinski definition) is 4. The standard InChI is InChI=1S/C17H22FN3O2S/c1-12-9-13(3-4-14(12)18)16(22)20-5-2-6-21(8-7-20)17(23)15-10-24-11-19-15/h3-4,9,15,19H,2,5-8,10-11H2,1H3. The quantitative estimate of drug-likeness (QED) is 0.877. The summed E-state index contributed by atoms with van der Waals surface area (Å²) in [6.45, 7) is 4.01. The van der Waals surface area contributed by atoms with Gasteiger partial charge in [-0.25, -0.2) is 4.39 Å². The summed E-state index contributed by atoms with van der Waals surface area (Å²) in [7, 11) is 0. The second-order valence-electron chi connectivity index (χ2n) is 6.21. The van der Waals surface area contributed by atoms with Crippen LogP contribution in [-0.4, -0.2) is 65.5 Å². The average molecular weight is 351 g/mol. The molecule has 1 aromatic carbocycles. The lowest BCUT2D eigenvalue weighted by Crippen LogP contribution is -2.46. The summed E-state index contributed by atoms with van der Waals surface area (Å²) in [4.78, 5) is 28.7. The van der Waals surface area contributed by atoms with Crippen LogP contribution >= 0.6 is 11.8 Å². The van der Waals surface area contributed by atoms with Crippen molar-refractivity contribution in [2.24, 2.45) is 0 Å². The van der Waals surface area contributed by atoms with Crippen LogP contribution in [0.5, 0.6) is 0 Å². The fourth-order valence-corrected chi connectivity index (χ4v) is 4.01. The summed E-state index contributed by atoms with van der Waals surface area (Å²) < 4.78 is 13.4. The van der Waals surface area contributed by atoms with Crippen molar-refractivity contribution >= 4 is 23.6 Å². The molecule has 1 atom stereocenters. The Labute approximate surface area is 145 Å². The molecule has 1 N–H and O–H groups in total. The number of amides is 2. The molecule has 2 amide bonds. The molecule has 1 aromatic rings. The van der Waals surface area contributed by atoms with E-state index in [-0.39, 0.29) is 23.7 Å². The highest BCUT2D eigenvalue weighted by Crippen LogP contribution is 2.16. The van der Waals surface area contributed by atoms with Gasteiger partial charge < -0.3 is 9.80 Å². The summed E-state index contributed by atoms with van der Waals surface area (Å²) >= 11 is 1.73. The van der Waals surface area contributed by atoms with Crippen molar-refractivity contribution in [3.05, 3.63) is 35.1 Å². The SMILES string of the molecule is Cc1cc(C(=O)N2CCCN(C(=O)C3CSCN3)CC2)ccc1F. The Morgan fingerprint density at radius 2 is 1.96 bits per heavy atom. The van der Waals surface area contributed by atoms with E-state index in [2.05, 4.69) is 5.32 Å². The Bertz CT molecular complexity index is 634. The number of aryl methyl sites for hydroxylation is 1. The fraction of sp³-hybridized carbons (Fsp3) is 0.529. The summed E-state index contributed by atoms with van der Waals surface area (Å²) in [6, 6.07) is 4.35. The van der Waals surface area contributed by atoms with Crippen LogP contribution in [0.25, 0.3) is 0 Å². The molecule has 3 rings (SSSR count). The Kier molecular flexibility index (Phi) is 5.40. The predicted octanol–water partition coefficient (Wildman–Crippen LogP) is 1.47. The van der Waals surface area contributed by atoms with Gasteiger partial charge in [0.15, 0.2) is 0 Å². The summed E-state index contributed by atoms with van der Waals surface area (Å²) in [5, 5.41) is 3.20. The normalized spacial score (nSPS) is 21.7. The first-order valence-electron chi connectivity index (χ1n) is 8.21. The van der Waals surface area contributed by atoms with Gasteiger partial charge in [-0.1, -0.05) is 0 Å². The van der Waals surface area contributed by atoms with Crippen molar-refractivity contribution < 1.29 is 14.0 Å². The molecule has 2 aliphatic rings. The molecule has 2 saturated heterocycles. The van der Waals surface area contributed by atoms with E-state index in [1.165, 1.54) is 12.1 Å². The van der Waals surface area contributed by atoms with Gasteiger partial charge in [0, 0.05) is 43.4 Å². The highest BCUT2D eigenvalue weighted by molar-refractivity contribution is 7.99. The second-order valence-corrected chi connectivity index (χ2v) is 7.24. The first-order chi connectivity index (χ1) is 11.6. The maximum absolute atomic E-state index is 13.4. The zero-order valence-corrected chi connectivity index (χ0v) is 14.6. The maximum atomic E-state index is 13.4. The van der Waals surface area contributed by atoms with E-state index in [4.69, 9.17) is 0 Å². The molecule has 0 aromatic heterocycles. The molecule has 2 aliphatic heterocycles. The molecule has 0 spiro atoms. The Hall–Kier alpha value is -1.60. The van der Waals surface area contributed by atoms with Gasteiger partial charge >= 0.3 is 0 Å². The topological polar surface area (TPSA) is 52.7 Å². The molecule has 0 bridgehead atoms. The number of halogens is 1. The third-order valence-electron chi connectivity index (χ3n) is 4.51. The molecule has 5 nitrogen and oxygen atoms in total. The van der Waals surface area contributed by atoms with Gasteiger partial charge in [0.05, 0.1) is 6.04 Å². The van der Waals surface area contributed by atoms with Crippen molar-refractivity contribution in [1.29, 1.82) is 0 Å². The average Bonchev–Trinajstić information content (AvgIpc) is 3.00. The first-order valence-corrected chi connectivity index (χ1v) is 9.37. The molecule has 24 heavy (non-hydrogen) atoms.